The van der Waals surface area contributed by atoms with Crippen molar-refractivity contribution in [1.82, 2.24) is 0 Å². The van der Waals surface area contributed by atoms with Crippen molar-refractivity contribution in [3.05, 3.63) is 28.8 Å². The van der Waals surface area contributed by atoms with Crippen molar-refractivity contribution in [2.24, 2.45) is 0 Å². The van der Waals surface area contributed by atoms with Crippen molar-refractivity contribution in [2.75, 3.05) is 0 Å². The summed E-state index contributed by atoms with van der Waals surface area (Å²) in [7, 11) is 0. The minimum atomic E-state index is 0.374. The highest BCUT2D eigenvalue weighted by molar-refractivity contribution is 7.99. The van der Waals surface area contributed by atoms with Crippen LogP contribution in [0.1, 0.15) is 115 Å². The first-order chi connectivity index (χ1) is 12.0. The minimum Gasteiger partial charge on any atom is -0.507 e. The Kier molecular flexibility index (Phi) is 10.7. The highest BCUT2D eigenvalue weighted by Crippen LogP contribution is 2.37. The molecule has 0 radical (unpaired) electrons. The Balaban J connectivity index is 0.00000151. The van der Waals surface area contributed by atoms with Crippen molar-refractivity contribution in [3.63, 3.8) is 0 Å². The van der Waals surface area contributed by atoms with E-state index in [1.807, 2.05) is 13.8 Å². The van der Waals surface area contributed by atoms with Crippen LogP contribution in [0.4, 0.5) is 0 Å². The molecule has 0 heterocycles. The quantitative estimate of drug-likeness (QED) is 0.571. The zero-order valence-electron chi connectivity index (χ0n) is 17.4. The summed E-state index contributed by atoms with van der Waals surface area (Å²) in [6.45, 7) is 12.8. The molecule has 0 spiro atoms. The number of hydrogen-bond acceptors (Lipinski definition) is 2. The predicted octanol–water partition coefficient (Wildman–Crippen LogP) is 8.01. The molecule has 1 N–H and O–H groups in total. The second-order valence-corrected chi connectivity index (χ2v) is 8.99. The summed E-state index contributed by atoms with van der Waals surface area (Å²) in [5.74, 6) is 2.39. The van der Waals surface area contributed by atoms with Crippen LogP contribution in [0.3, 0.4) is 0 Å². The molecule has 1 saturated carbocycles. The summed E-state index contributed by atoms with van der Waals surface area (Å²) in [5, 5.41) is 11.5. The van der Waals surface area contributed by atoms with E-state index in [1.165, 1.54) is 50.5 Å². The Morgan fingerprint density at radius 3 is 2.00 bits per heavy atom. The third-order valence-corrected chi connectivity index (χ3v) is 6.48. The van der Waals surface area contributed by atoms with E-state index in [1.54, 1.807) is 0 Å². The SMILES string of the molecule is CC.CC(C)c1cc(CSC2CCCCCCC2)c(O)c(C(C)C)c1. The first-order valence-corrected chi connectivity index (χ1v) is 11.5. The van der Waals surface area contributed by atoms with Crippen LogP contribution in [-0.2, 0) is 5.75 Å². The van der Waals surface area contributed by atoms with Crippen molar-refractivity contribution in [2.45, 2.75) is 109 Å². The van der Waals surface area contributed by atoms with Gasteiger partial charge in [-0.3, -0.25) is 0 Å². The highest BCUT2D eigenvalue weighted by atomic mass is 32.2. The Hall–Kier alpha value is -0.630. The predicted molar refractivity (Wildman–Crippen MR) is 115 cm³/mol. The average Bonchev–Trinajstić information content (AvgIpc) is 2.56. The van der Waals surface area contributed by atoms with E-state index in [2.05, 4.69) is 51.6 Å². The van der Waals surface area contributed by atoms with Crippen LogP contribution < -0.4 is 0 Å². The molecule has 1 nitrogen and oxygen atoms in total. The number of benzene rings is 1. The van der Waals surface area contributed by atoms with Crippen LogP contribution in [0.2, 0.25) is 0 Å². The van der Waals surface area contributed by atoms with Crippen LogP contribution in [0, 0.1) is 0 Å². The van der Waals surface area contributed by atoms with E-state index in [-0.39, 0.29) is 0 Å². The van der Waals surface area contributed by atoms with Gasteiger partial charge in [-0.25, -0.2) is 0 Å². The summed E-state index contributed by atoms with van der Waals surface area (Å²) >= 11 is 2.07. The molecule has 1 aliphatic rings. The van der Waals surface area contributed by atoms with Gasteiger partial charge in [-0.1, -0.05) is 85.8 Å². The molecule has 1 aromatic carbocycles. The number of rotatable bonds is 5. The number of hydrogen-bond donors (Lipinski definition) is 1. The molecule has 0 saturated heterocycles. The van der Waals surface area contributed by atoms with Crippen molar-refractivity contribution >= 4 is 11.8 Å². The van der Waals surface area contributed by atoms with E-state index >= 15 is 0 Å². The topological polar surface area (TPSA) is 20.2 Å². The maximum Gasteiger partial charge on any atom is 0.123 e. The van der Waals surface area contributed by atoms with Gasteiger partial charge in [0.05, 0.1) is 0 Å². The van der Waals surface area contributed by atoms with Crippen LogP contribution >= 0.6 is 11.8 Å². The Morgan fingerprint density at radius 2 is 1.48 bits per heavy atom. The lowest BCUT2D eigenvalue weighted by Gasteiger charge is -2.21. The molecular weight excluding hydrogens is 324 g/mol. The molecule has 0 amide bonds. The molecule has 1 aromatic rings. The fourth-order valence-corrected chi connectivity index (χ4v) is 4.72. The Labute approximate surface area is 161 Å². The summed E-state index contributed by atoms with van der Waals surface area (Å²) in [4.78, 5) is 0. The van der Waals surface area contributed by atoms with Crippen LogP contribution in [0.25, 0.3) is 0 Å². The molecule has 0 aromatic heterocycles. The molecule has 0 unspecified atom stereocenters. The van der Waals surface area contributed by atoms with E-state index in [0.29, 0.717) is 17.6 Å². The van der Waals surface area contributed by atoms with Gasteiger partial charge in [-0.2, -0.15) is 11.8 Å². The van der Waals surface area contributed by atoms with Gasteiger partial charge in [0, 0.05) is 16.6 Å². The van der Waals surface area contributed by atoms with Crippen molar-refractivity contribution in [1.29, 1.82) is 0 Å². The van der Waals surface area contributed by atoms with Gasteiger partial charge >= 0.3 is 0 Å². The molecule has 144 valence electrons. The summed E-state index contributed by atoms with van der Waals surface area (Å²) in [5.41, 5.74) is 3.62. The molecular formula is C23H40OS. The minimum absolute atomic E-state index is 0.374. The van der Waals surface area contributed by atoms with Gasteiger partial charge < -0.3 is 5.11 Å². The maximum absolute atomic E-state index is 10.7. The lowest BCUT2D eigenvalue weighted by atomic mass is 9.92. The summed E-state index contributed by atoms with van der Waals surface area (Å²) in [6, 6.07) is 4.44. The summed E-state index contributed by atoms with van der Waals surface area (Å²) in [6.07, 6.45) is 9.70. The number of phenols is 1. The molecule has 0 aliphatic heterocycles. The highest BCUT2D eigenvalue weighted by Gasteiger charge is 2.17. The zero-order chi connectivity index (χ0) is 18.8. The fourth-order valence-electron chi connectivity index (χ4n) is 3.42. The second-order valence-electron chi connectivity index (χ2n) is 7.71. The maximum atomic E-state index is 10.7. The third-order valence-electron chi connectivity index (χ3n) is 5.06. The molecule has 1 fully saturated rings. The number of phenolic OH excluding ortho intramolecular Hbond substituents is 1. The van der Waals surface area contributed by atoms with E-state index in [4.69, 9.17) is 0 Å². The lowest BCUT2D eigenvalue weighted by Crippen LogP contribution is -2.06. The first kappa shape index (κ1) is 22.4. The summed E-state index contributed by atoms with van der Waals surface area (Å²) < 4.78 is 0. The van der Waals surface area contributed by atoms with Crippen LogP contribution in [0.15, 0.2) is 12.1 Å². The second kappa shape index (κ2) is 11.9. The van der Waals surface area contributed by atoms with Gasteiger partial charge in [-0.05, 0) is 35.8 Å². The molecule has 2 rings (SSSR count). The van der Waals surface area contributed by atoms with Crippen molar-refractivity contribution in [3.8, 4) is 5.75 Å². The van der Waals surface area contributed by atoms with Crippen LogP contribution in [-0.4, -0.2) is 10.4 Å². The van der Waals surface area contributed by atoms with Gasteiger partial charge in [0.1, 0.15) is 5.75 Å². The van der Waals surface area contributed by atoms with E-state index in [9.17, 15) is 5.11 Å². The number of thioether (sulfide) groups is 1. The third kappa shape index (κ3) is 7.25. The molecule has 1 aliphatic carbocycles. The normalized spacial score (nSPS) is 16.3. The van der Waals surface area contributed by atoms with Gasteiger partial charge in [-0.15, -0.1) is 0 Å². The fraction of sp³-hybridized carbons (Fsp3) is 0.739. The largest absolute Gasteiger partial charge is 0.507 e. The average molecular weight is 365 g/mol. The van der Waals surface area contributed by atoms with Gasteiger partial charge in [0.25, 0.3) is 0 Å². The smallest absolute Gasteiger partial charge is 0.123 e. The van der Waals surface area contributed by atoms with Crippen LogP contribution in [0.5, 0.6) is 5.75 Å². The Bertz CT molecular complexity index is 485. The van der Waals surface area contributed by atoms with E-state index in [0.717, 1.165) is 22.1 Å². The van der Waals surface area contributed by atoms with Gasteiger partial charge in [0.15, 0.2) is 0 Å². The molecule has 2 heteroatoms. The van der Waals surface area contributed by atoms with Gasteiger partial charge in [0.2, 0.25) is 0 Å². The standard InChI is InChI=1S/C21H34OS.C2H6/c1-15(2)17-12-18(21(22)20(13-17)16(3)4)14-23-19-10-8-6-5-7-9-11-19;1-2/h12-13,15-16,19,22H,5-11,14H2,1-4H3;1-2H3. The Morgan fingerprint density at radius 1 is 0.920 bits per heavy atom. The lowest BCUT2D eigenvalue weighted by molar-refractivity contribution is 0.459. The molecule has 0 atom stereocenters. The molecule has 0 bridgehead atoms. The zero-order valence-corrected chi connectivity index (χ0v) is 18.2. The monoisotopic (exact) mass is 364 g/mol. The number of aromatic hydroxyl groups is 1. The van der Waals surface area contributed by atoms with E-state index < -0.39 is 0 Å². The molecule has 25 heavy (non-hydrogen) atoms. The van der Waals surface area contributed by atoms with Crippen molar-refractivity contribution < 1.29 is 5.11 Å². The first-order valence-electron chi connectivity index (χ1n) is 10.5.